The van der Waals surface area contributed by atoms with Gasteiger partial charge in [0.1, 0.15) is 4.75 Å². The summed E-state index contributed by atoms with van der Waals surface area (Å²) in [5, 5.41) is 0. The number of allylic oxidation sites excluding steroid dienone is 4. The number of carbonyl (C=O) groups is 1. The molecule has 1 aliphatic heterocycles. The minimum absolute atomic E-state index is 0.247. The monoisotopic (exact) mass is 206 g/mol. The zero-order chi connectivity index (χ0) is 10.2. The van der Waals surface area contributed by atoms with Crippen LogP contribution >= 0.6 is 11.8 Å². The number of thioether (sulfide) groups is 1. The van der Waals surface area contributed by atoms with E-state index in [1.54, 1.807) is 17.8 Å². The van der Waals surface area contributed by atoms with Crippen LogP contribution in [0.1, 0.15) is 20.3 Å². The summed E-state index contributed by atoms with van der Waals surface area (Å²) in [6, 6.07) is 0. The van der Waals surface area contributed by atoms with Gasteiger partial charge in [0, 0.05) is 5.75 Å². The quantitative estimate of drug-likeness (QED) is 0.567. The molecule has 2 heteroatoms. The highest BCUT2D eigenvalue weighted by Gasteiger charge is 2.37. The van der Waals surface area contributed by atoms with Gasteiger partial charge in [0.15, 0.2) is 5.78 Å². The highest BCUT2D eigenvalue weighted by atomic mass is 32.2. The van der Waals surface area contributed by atoms with E-state index in [0.717, 1.165) is 12.2 Å². The van der Waals surface area contributed by atoms with Crippen molar-refractivity contribution in [2.75, 3.05) is 5.75 Å². The van der Waals surface area contributed by atoms with Crippen molar-refractivity contribution in [3.63, 3.8) is 0 Å². The summed E-state index contributed by atoms with van der Waals surface area (Å²) < 4.78 is -0.279. The summed E-state index contributed by atoms with van der Waals surface area (Å²) >= 11 is 1.76. The lowest BCUT2D eigenvalue weighted by molar-refractivity contribution is -0.115. The normalized spacial score (nSPS) is 31.7. The van der Waals surface area contributed by atoms with Crippen LogP contribution < -0.4 is 0 Å². The molecule has 14 heavy (non-hydrogen) atoms. The highest BCUT2D eigenvalue weighted by molar-refractivity contribution is 8.01. The smallest absolute Gasteiger partial charge is 0.175 e. The highest BCUT2D eigenvalue weighted by Crippen LogP contribution is 2.40. The van der Waals surface area contributed by atoms with Crippen molar-refractivity contribution in [2.45, 2.75) is 25.0 Å². The van der Waals surface area contributed by atoms with Crippen molar-refractivity contribution in [3.8, 4) is 0 Å². The summed E-state index contributed by atoms with van der Waals surface area (Å²) in [5.41, 5.74) is 2.58. The van der Waals surface area contributed by atoms with E-state index in [4.69, 9.17) is 0 Å². The van der Waals surface area contributed by atoms with Crippen molar-refractivity contribution >= 4 is 17.5 Å². The van der Waals surface area contributed by atoms with Crippen LogP contribution in [-0.2, 0) is 4.79 Å². The molecule has 2 aliphatic rings. The number of rotatable bonds is 0. The summed E-state index contributed by atoms with van der Waals surface area (Å²) in [7, 11) is 0. The Kier molecular flexibility index (Phi) is 2.40. The van der Waals surface area contributed by atoms with Crippen LogP contribution in [0.25, 0.3) is 0 Å². The third kappa shape index (κ3) is 1.59. The number of hydrogen-bond acceptors (Lipinski definition) is 2. The van der Waals surface area contributed by atoms with Crippen LogP contribution in [0.5, 0.6) is 0 Å². The molecule has 0 saturated carbocycles. The van der Waals surface area contributed by atoms with Gasteiger partial charge in [0.2, 0.25) is 0 Å². The lowest BCUT2D eigenvalue weighted by Crippen LogP contribution is -2.35. The van der Waals surface area contributed by atoms with Crippen LogP contribution in [0.3, 0.4) is 0 Å². The van der Waals surface area contributed by atoms with E-state index in [0.29, 0.717) is 0 Å². The van der Waals surface area contributed by atoms with Gasteiger partial charge < -0.3 is 0 Å². The second kappa shape index (κ2) is 3.43. The van der Waals surface area contributed by atoms with Gasteiger partial charge in [-0.25, -0.2) is 0 Å². The molecule has 1 unspecified atom stereocenters. The van der Waals surface area contributed by atoms with Crippen molar-refractivity contribution in [3.05, 3.63) is 35.5 Å². The van der Waals surface area contributed by atoms with Crippen molar-refractivity contribution in [1.82, 2.24) is 0 Å². The summed E-state index contributed by atoms with van der Waals surface area (Å²) in [6.45, 7) is 4.18. The van der Waals surface area contributed by atoms with E-state index in [2.05, 4.69) is 26.0 Å². The van der Waals surface area contributed by atoms with Gasteiger partial charge in [-0.15, -0.1) is 11.8 Å². The fraction of sp³-hybridized carbons (Fsp3) is 0.417. The largest absolute Gasteiger partial charge is 0.293 e. The van der Waals surface area contributed by atoms with Gasteiger partial charge in [0.05, 0.1) is 0 Å². The average molecular weight is 206 g/mol. The molecule has 1 aliphatic carbocycles. The first kappa shape index (κ1) is 9.78. The Morgan fingerprint density at radius 3 is 2.79 bits per heavy atom. The zero-order valence-electron chi connectivity index (χ0n) is 8.54. The van der Waals surface area contributed by atoms with Gasteiger partial charge >= 0.3 is 0 Å². The second-order valence-electron chi connectivity index (χ2n) is 4.02. The SMILES string of the molecule is CC1=CC2(CC=C(C)CS2)C(=O)C=C1. The fourth-order valence-electron chi connectivity index (χ4n) is 1.79. The number of carbonyl (C=O) groups excluding carboxylic acids is 1. The van der Waals surface area contributed by atoms with Gasteiger partial charge in [0.25, 0.3) is 0 Å². The minimum atomic E-state index is -0.279. The molecule has 1 nitrogen and oxygen atoms in total. The Morgan fingerprint density at radius 1 is 1.36 bits per heavy atom. The van der Waals surface area contributed by atoms with Crippen LogP contribution in [0, 0.1) is 0 Å². The molecule has 0 aromatic heterocycles. The van der Waals surface area contributed by atoms with E-state index in [9.17, 15) is 4.79 Å². The van der Waals surface area contributed by atoms with Gasteiger partial charge in [-0.05, 0) is 26.3 Å². The van der Waals surface area contributed by atoms with Crippen molar-refractivity contribution < 1.29 is 4.79 Å². The predicted molar refractivity (Wildman–Crippen MR) is 61.5 cm³/mol. The Labute approximate surface area is 89.0 Å². The van der Waals surface area contributed by atoms with Crippen LogP contribution in [-0.4, -0.2) is 16.3 Å². The van der Waals surface area contributed by atoms with E-state index >= 15 is 0 Å². The standard InChI is InChI=1S/C12H14OS/c1-9-3-4-11(13)12(7-9)6-5-10(2)8-14-12/h3-5,7H,6,8H2,1-2H3. The van der Waals surface area contributed by atoms with Crippen LogP contribution in [0.4, 0.5) is 0 Å². The maximum Gasteiger partial charge on any atom is 0.175 e. The molecular weight excluding hydrogens is 192 g/mol. The molecule has 0 amide bonds. The molecule has 2 rings (SSSR count). The first-order valence-electron chi connectivity index (χ1n) is 4.84. The van der Waals surface area contributed by atoms with Gasteiger partial charge in [-0.2, -0.15) is 0 Å². The Balaban J connectivity index is 2.33. The molecule has 1 spiro atoms. The third-order valence-corrected chi connectivity index (χ3v) is 4.29. The van der Waals surface area contributed by atoms with E-state index in [-0.39, 0.29) is 10.5 Å². The summed E-state index contributed by atoms with van der Waals surface area (Å²) in [6.07, 6.45) is 8.78. The lowest BCUT2D eigenvalue weighted by atomic mass is 9.90. The van der Waals surface area contributed by atoms with E-state index < -0.39 is 0 Å². The lowest BCUT2D eigenvalue weighted by Gasteiger charge is -2.32. The average Bonchev–Trinajstić information content (AvgIpc) is 2.17. The Morgan fingerprint density at radius 2 is 2.14 bits per heavy atom. The zero-order valence-corrected chi connectivity index (χ0v) is 9.36. The molecule has 0 aromatic carbocycles. The number of ketones is 1. The topological polar surface area (TPSA) is 17.1 Å². The molecule has 74 valence electrons. The molecular formula is C12H14OS. The maximum atomic E-state index is 11.8. The fourth-order valence-corrected chi connectivity index (χ4v) is 3.08. The maximum absolute atomic E-state index is 11.8. The third-order valence-electron chi connectivity index (χ3n) is 2.69. The predicted octanol–water partition coefficient (Wildman–Crippen LogP) is 2.89. The summed E-state index contributed by atoms with van der Waals surface area (Å²) in [5.74, 6) is 1.22. The molecule has 0 aromatic rings. The molecule has 0 radical (unpaired) electrons. The second-order valence-corrected chi connectivity index (χ2v) is 5.32. The van der Waals surface area contributed by atoms with Crippen molar-refractivity contribution in [1.29, 1.82) is 0 Å². The molecule has 1 heterocycles. The molecule has 0 fully saturated rings. The Bertz CT molecular complexity index is 363. The molecule has 0 N–H and O–H groups in total. The van der Waals surface area contributed by atoms with Gasteiger partial charge in [-0.3, -0.25) is 4.79 Å². The number of hydrogen-bond donors (Lipinski definition) is 0. The first-order chi connectivity index (χ1) is 6.62. The first-order valence-corrected chi connectivity index (χ1v) is 5.82. The Hall–Kier alpha value is -0.760. The van der Waals surface area contributed by atoms with E-state index in [1.807, 2.05) is 6.08 Å². The molecule has 0 saturated heterocycles. The van der Waals surface area contributed by atoms with Crippen molar-refractivity contribution in [2.24, 2.45) is 0 Å². The van der Waals surface area contributed by atoms with Crippen LogP contribution in [0.15, 0.2) is 35.5 Å². The molecule has 0 bridgehead atoms. The van der Waals surface area contributed by atoms with Gasteiger partial charge in [-0.1, -0.05) is 29.4 Å². The molecule has 1 atom stereocenters. The summed E-state index contributed by atoms with van der Waals surface area (Å²) in [4.78, 5) is 11.8. The van der Waals surface area contributed by atoms with E-state index in [1.165, 1.54) is 11.1 Å². The minimum Gasteiger partial charge on any atom is -0.293 e. The van der Waals surface area contributed by atoms with Crippen LogP contribution in [0.2, 0.25) is 0 Å².